The maximum atomic E-state index is 13.1. The Hall–Kier alpha value is -3.58. The van der Waals surface area contributed by atoms with E-state index in [9.17, 15) is 14.4 Å². The van der Waals surface area contributed by atoms with Crippen LogP contribution in [0.15, 0.2) is 65.6 Å². The van der Waals surface area contributed by atoms with Crippen LogP contribution in [-0.2, 0) is 16.2 Å². The molecular formula is C28H26N2O4S. The second-order valence-electron chi connectivity index (χ2n) is 8.83. The number of aryl methyl sites for hydroxylation is 1. The first-order chi connectivity index (χ1) is 17.0. The molecule has 3 amide bonds. The summed E-state index contributed by atoms with van der Waals surface area (Å²) in [4.78, 5) is 41.4. The van der Waals surface area contributed by atoms with Crippen molar-refractivity contribution in [3.63, 3.8) is 0 Å². The number of thioether (sulfide) groups is 1. The lowest BCUT2D eigenvalue weighted by Crippen LogP contribution is -2.40. The molecule has 0 N–H and O–H groups in total. The Labute approximate surface area is 208 Å². The van der Waals surface area contributed by atoms with Crippen molar-refractivity contribution < 1.29 is 19.1 Å². The Morgan fingerprint density at radius 1 is 1.00 bits per heavy atom. The molecule has 0 bridgehead atoms. The van der Waals surface area contributed by atoms with E-state index in [0.29, 0.717) is 30.4 Å². The van der Waals surface area contributed by atoms with Crippen LogP contribution in [-0.4, -0.2) is 46.5 Å². The molecule has 6 nitrogen and oxygen atoms in total. The zero-order valence-electron chi connectivity index (χ0n) is 19.5. The van der Waals surface area contributed by atoms with E-state index in [1.807, 2.05) is 67.6 Å². The Balaban J connectivity index is 1.43. The number of hydrogen-bond donors (Lipinski definition) is 0. The van der Waals surface area contributed by atoms with Crippen molar-refractivity contribution in [3.8, 4) is 5.75 Å². The molecule has 2 aliphatic heterocycles. The fraction of sp³-hybridized carbons (Fsp3) is 0.250. The number of imide groups is 1. The zero-order valence-corrected chi connectivity index (χ0v) is 20.3. The van der Waals surface area contributed by atoms with Crippen LogP contribution in [0.3, 0.4) is 0 Å². The van der Waals surface area contributed by atoms with E-state index in [1.165, 1.54) is 5.56 Å². The number of ether oxygens (including phenoxy) is 1. The van der Waals surface area contributed by atoms with Crippen molar-refractivity contribution in [1.82, 2.24) is 9.80 Å². The normalized spacial score (nSPS) is 17.1. The molecule has 0 saturated carbocycles. The minimum absolute atomic E-state index is 0.182. The first-order valence-corrected chi connectivity index (χ1v) is 12.5. The van der Waals surface area contributed by atoms with Crippen molar-refractivity contribution in [2.75, 3.05) is 19.6 Å². The van der Waals surface area contributed by atoms with Gasteiger partial charge in [-0.1, -0.05) is 60.2 Å². The van der Waals surface area contributed by atoms with Crippen LogP contribution in [0.5, 0.6) is 5.75 Å². The molecule has 7 heteroatoms. The van der Waals surface area contributed by atoms with Gasteiger partial charge in [-0.2, -0.15) is 0 Å². The number of carbonyl (C=O) groups is 3. The SMILES string of the molecule is Cc1ccc(COc2ccc3ccccc3c2/C=C2/SC(=O)N(CC(=O)N3CCCC3)C2=O)cc1. The lowest BCUT2D eigenvalue weighted by molar-refractivity contribution is -0.135. The van der Waals surface area contributed by atoms with E-state index in [1.54, 1.807) is 11.0 Å². The first-order valence-electron chi connectivity index (χ1n) is 11.7. The summed E-state index contributed by atoms with van der Waals surface area (Å²) in [5.74, 6) is 0.00696. The maximum Gasteiger partial charge on any atom is 0.294 e. The van der Waals surface area contributed by atoms with Crippen molar-refractivity contribution in [2.45, 2.75) is 26.4 Å². The second kappa shape index (κ2) is 9.96. The molecule has 178 valence electrons. The van der Waals surface area contributed by atoms with Gasteiger partial charge in [-0.05, 0) is 60.0 Å². The van der Waals surface area contributed by atoms with Crippen LogP contribution in [0.25, 0.3) is 16.8 Å². The summed E-state index contributed by atoms with van der Waals surface area (Å²) < 4.78 is 6.18. The number of likely N-dealkylation sites (tertiary alicyclic amines) is 1. The Morgan fingerprint density at radius 3 is 2.51 bits per heavy atom. The van der Waals surface area contributed by atoms with E-state index in [2.05, 4.69) is 0 Å². The molecule has 2 saturated heterocycles. The summed E-state index contributed by atoms with van der Waals surface area (Å²) >= 11 is 0.867. The van der Waals surface area contributed by atoms with Gasteiger partial charge in [0.2, 0.25) is 5.91 Å². The summed E-state index contributed by atoms with van der Waals surface area (Å²) in [5.41, 5.74) is 2.96. The van der Waals surface area contributed by atoms with Crippen molar-refractivity contribution in [3.05, 3.63) is 82.3 Å². The van der Waals surface area contributed by atoms with E-state index in [0.717, 1.165) is 51.4 Å². The molecule has 0 aromatic heterocycles. The summed E-state index contributed by atoms with van der Waals surface area (Å²) in [6.07, 6.45) is 3.64. The molecular weight excluding hydrogens is 460 g/mol. The van der Waals surface area contributed by atoms with Gasteiger partial charge in [-0.3, -0.25) is 19.3 Å². The predicted molar refractivity (Wildman–Crippen MR) is 138 cm³/mol. The predicted octanol–water partition coefficient (Wildman–Crippen LogP) is 5.39. The molecule has 2 fully saturated rings. The summed E-state index contributed by atoms with van der Waals surface area (Å²) in [7, 11) is 0. The monoisotopic (exact) mass is 486 g/mol. The van der Waals surface area contributed by atoms with Crippen LogP contribution in [0.1, 0.15) is 29.5 Å². The Bertz CT molecular complexity index is 1330. The molecule has 3 aromatic rings. The summed E-state index contributed by atoms with van der Waals surface area (Å²) in [6.45, 7) is 3.57. The third-order valence-electron chi connectivity index (χ3n) is 6.35. The minimum Gasteiger partial charge on any atom is -0.488 e. The highest BCUT2D eigenvalue weighted by atomic mass is 32.2. The molecule has 2 aliphatic rings. The number of benzene rings is 3. The summed E-state index contributed by atoms with van der Waals surface area (Å²) in [5, 5.41) is 1.51. The standard InChI is InChI=1S/C28H26N2O4S/c1-19-8-10-20(11-9-19)18-34-24-13-12-21-6-2-3-7-22(21)23(24)16-25-27(32)30(28(33)35-25)17-26(31)29-14-4-5-15-29/h2-3,6-13,16H,4-5,14-15,17-18H2,1H3/b25-16+. The lowest BCUT2D eigenvalue weighted by Gasteiger charge is -2.18. The number of amides is 3. The highest BCUT2D eigenvalue weighted by molar-refractivity contribution is 8.18. The number of nitrogens with zero attached hydrogens (tertiary/aromatic N) is 2. The maximum absolute atomic E-state index is 13.1. The van der Waals surface area contributed by atoms with Gasteiger partial charge in [0, 0.05) is 18.7 Å². The lowest BCUT2D eigenvalue weighted by atomic mass is 10.0. The highest BCUT2D eigenvalue weighted by Crippen LogP contribution is 2.37. The first kappa shape index (κ1) is 23.2. The van der Waals surface area contributed by atoms with E-state index in [4.69, 9.17) is 4.74 Å². The van der Waals surface area contributed by atoms with Crippen molar-refractivity contribution in [1.29, 1.82) is 0 Å². The average molecular weight is 487 g/mol. The third-order valence-corrected chi connectivity index (χ3v) is 7.25. The largest absolute Gasteiger partial charge is 0.488 e. The molecule has 3 aromatic carbocycles. The van der Waals surface area contributed by atoms with Gasteiger partial charge in [-0.15, -0.1) is 0 Å². The van der Waals surface area contributed by atoms with Crippen LogP contribution in [0.2, 0.25) is 0 Å². The molecule has 0 radical (unpaired) electrons. The number of hydrogen-bond acceptors (Lipinski definition) is 5. The summed E-state index contributed by atoms with van der Waals surface area (Å²) in [6, 6.07) is 19.9. The van der Waals surface area contributed by atoms with Gasteiger partial charge in [-0.25, -0.2) is 0 Å². The molecule has 0 spiro atoms. The Morgan fingerprint density at radius 2 is 1.74 bits per heavy atom. The van der Waals surface area contributed by atoms with Gasteiger partial charge in [0.1, 0.15) is 18.9 Å². The number of carbonyl (C=O) groups excluding carboxylic acids is 3. The van der Waals surface area contributed by atoms with E-state index < -0.39 is 11.1 Å². The molecule has 0 aliphatic carbocycles. The Kier molecular flexibility index (Phi) is 6.59. The minimum atomic E-state index is -0.440. The third kappa shape index (κ3) is 4.95. The number of fused-ring (bicyclic) bond motifs is 1. The zero-order chi connectivity index (χ0) is 24.4. The fourth-order valence-corrected chi connectivity index (χ4v) is 5.18. The quantitative estimate of drug-likeness (QED) is 0.437. The van der Waals surface area contributed by atoms with E-state index >= 15 is 0 Å². The van der Waals surface area contributed by atoms with Crippen LogP contribution < -0.4 is 4.74 Å². The van der Waals surface area contributed by atoms with Crippen LogP contribution in [0.4, 0.5) is 4.79 Å². The van der Waals surface area contributed by atoms with Crippen LogP contribution in [0, 0.1) is 6.92 Å². The van der Waals surface area contributed by atoms with Gasteiger partial charge in [0.05, 0.1) is 4.91 Å². The van der Waals surface area contributed by atoms with Crippen molar-refractivity contribution >= 4 is 45.7 Å². The fourth-order valence-electron chi connectivity index (χ4n) is 4.36. The average Bonchev–Trinajstić information content (AvgIpc) is 3.49. The smallest absolute Gasteiger partial charge is 0.294 e. The van der Waals surface area contributed by atoms with Crippen LogP contribution >= 0.6 is 11.8 Å². The second-order valence-corrected chi connectivity index (χ2v) is 9.82. The van der Waals surface area contributed by atoms with Gasteiger partial charge < -0.3 is 9.64 Å². The van der Waals surface area contributed by atoms with Crippen molar-refractivity contribution in [2.24, 2.45) is 0 Å². The number of rotatable bonds is 6. The van der Waals surface area contributed by atoms with E-state index in [-0.39, 0.29) is 12.5 Å². The topological polar surface area (TPSA) is 66.9 Å². The molecule has 0 atom stereocenters. The molecule has 35 heavy (non-hydrogen) atoms. The molecule has 0 unspecified atom stereocenters. The molecule has 2 heterocycles. The van der Waals surface area contributed by atoms with Gasteiger partial charge in [0.15, 0.2) is 0 Å². The molecule has 5 rings (SSSR count). The van der Waals surface area contributed by atoms with Gasteiger partial charge in [0.25, 0.3) is 11.1 Å². The van der Waals surface area contributed by atoms with Gasteiger partial charge >= 0.3 is 0 Å². The highest BCUT2D eigenvalue weighted by Gasteiger charge is 2.37.